The van der Waals surface area contributed by atoms with Crippen molar-refractivity contribution in [3.05, 3.63) is 157 Å². The average molecular weight is 615 g/mol. The molecule has 0 N–H and O–H groups in total. The monoisotopic (exact) mass is 614 g/mol. The summed E-state index contributed by atoms with van der Waals surface area (Å²) in [6, 6.07) is 53.1. The first-order valence-corrected chi connectivity index (χ1v) is 16.7. The summed E-state index contributed by atoms with van der Waals surface area (Å²) in [5, 5.41) is 7.19. The highest BCUT2D eigenvalue weighted by molar-refractivity contribution is 6.24. The third kappa shape index (κ3) is 3.23. The molecule has 0 radical (unpaired) electrons. The van der Waals surface area contributed by atoms with Gasteiger partial charge in [0.15, 0.2) is 5.58 Å². The number of para-hydroxylation sites is 3. The number of hydrogen-bond donors (Lipinski definition) is 0. The van der Waals surface area contributed by atoms with Gasteiger partial charge in [0.25, 0.3) is 0 Å². The first kappa shape index (κ1) is 26.1. The van der Waals surface area contributed by atoms with E-state index in [4.69, 9.17) is 4.42 Å². The molecule has 3 heteroatoms. The number of benzene rings is 7. The molecule has 0 saturated heterocycles. The quantitative estimate of drug-likeness (QED) is 0.190. The molecule has 11 rings (SSSR count). The van der Waals surface area contributed by atoms with E-state index in [1.54, 1.807) is 0 Å². The van der Waals surface area contributed by atoms with Gasteiger partial charge in [0.1, 0.15) is 5.58 Å². The van der Waals surface area contributed by atoms with Crippen LogP contribution in [0.4, 0.5) is 0 Å². The lowest BCUT2D eigenvalue weighted by molar-refractivity contribution is 0.660. The summed E-state index contributed by atoms with van der Waals surface area (Å²) < 4.78 is 11.5. The number of nitrogens with zero attached hydrogens (tertiary/aromatic N) is 2. The van der Waals surface area contributed by atoms with E-state index in [0.717, 1.165) is 38.7 Å². The van der Waals surface area contributed by atoms with Crippen LogP contribution in [0, 0.1) is 0 Å². The predicted octanol–water partition coefficient (Wildman–Crippen LogP) is 12.1. The van der Waals surface area contributed by atoms with Gasteiger partial charge < -0.3 is 13.6 Å². The summed E-state index contributed by atoms with van der Waals surface area (Å²) in [6.07, 6.45) is 0. The minimum Gasteiger partial charge on any atom is -0.454 e. The minimum atomic E-state index is -0.0777. The third-order valence-electron chi connectivity index (χ3n) is 10.9. The average Bonchev–Trinajstić information content (AvgIpc) is 3.83. The lowest BCUT2D eigenvalue weighted by Gasteiger charge is -2.22. The van der Waals surface area contributed by atoms with E-state index < -0.39 is 0 Å². The molecule has 3 aromatic heterocycles. The van der Waals surface area contributed by atoms with Crippen molar-refractivity contribution in [1.82, 2.24) is 9.13 Å². The van der Waals surface area contributed by atoms with Gasteiger partial charge in [-0.2, -0.15) is 0 Å². The van der Waals surface area contributed by atoms with Crippen LogP contribution in [0.5, 0.6) is 0 Å². The maximum atomic E-state index is 6.66. The molecule has 226 valence electrons. The molecule has 1 aliphatic rings. The number of fused-ring (bicyclic) bond motifs is 13. The van der Waals surface area contributed by atoms with E-state index in [-0.39, 0.29) is 5.41 Å². The van der Waals surface area contributed by atoms with E-state index in [9.17, 15) is 0 Å². The molecule has 7 aromatic carbocycles. The Morgan fingerprint density at radius 1 is 0.438 bits per heavy atom. The number of hydrogen-bond acceptors (Lipinski definition) is 1. The van der Waals surface area contributed by atoms with Gasteiger partial charge >= 0.3 is 0 Å². The molecule has 3 nitrogen and oxygen atoms in total. The zero-order valence-corrected chi connectivity index (χ0v) is 26.7. The van der Waals surface area contributed by atoms with E-state index in [1.807, 2.05) is 6.07 Å². The Bertz CT molecular complexity index is 2970. The van der Waals surface area contributed by atoms with Crippen LogP contribution in [0.2, 0.25) is 0 Å². The maximum Gasteiger partial charge on any atom is 0.160 e. The van der Waals surface area contributed by atoms with Gasteiger partial charge in [-0.05, 0) is 76.9 Å². The molecule has 0 atom stereocenters. The van der Waals surface area contributed by atoms with Crippen molar-refractivity contribution in [2.75, 3.05) is 0 Å². The van der Waals surface area contributed by atoms with Crippen LogP contribution in [0.25, 0.3) is 88.1 Å². The standard InChI is InChI=1S/C45H30N2O/c1-45(2)37-17-9-6-14-29(37)30-21-20-28(24-38(30)45)46-39-18-10-7-15-31(39)35-25-36-33-22-23-34-32-16-8-11-19-42(32)48-44(34)43(33)47(41(36)26-40(35)46)27-12-4-3-5-13-27/h3-26H,1-2H3. The molecule has 0 amide bonds. The fourth-order valence-corrected chi connectivity index (χ4v) is 8.69. The summed E-state index contributed by atoms with van der Waals surface area (Å²) >= 11 is 0. The Morgan fingerprint density at radius 2 is 1.12 bits per heavy atom. The van der Waals surface area contributed by atoms with Crippen LogP contribution in [0.15, 0.2) is 150 Å². The van der Waals surface area contributed by atoms with Gasteiger partial charge in [0, 0.05) is 49.1 Å². The van der Waals surface area contributed by atoms with Gasteiger partial charge in [-0.3, -0.25) is 0 Å². The summed E-state index contributed by atoms with van der Waals surface area (Å²) in [5.74, 6) is 0. The first-order chi connectivity index (χ1) is 23.6. The SMILES string of the molecule is CC1(C)c2ccccc2-c2ccc(-n3c4ccccc4c4cc5c6ccc7c8ccccc8oc7c6n(-c6ccccc6)c5cc43)cc21. The molecule has 0 aliphatic heterocycles. The molecule has 3 heterocycles. The summed E-state index contributed by atoms with van der Waals surface area (Å²) in [6.45, 7) is 4.71. The fraction of sp³-hybridized carbons (Fsp3) is 0.0667. The van der Waals surface area contributed by atoms with Crippen LogP contribution in [-0.2, 0) is 5.41 Å². The van der Waals surface area contributed by atoms with Gasteiger partial charge in [-0.15, -0.1) is 0 Å². The number of rotatable bonds is 2. The van der Waals surface area contributed by atoms with Crippen LogP contribution >= 0.6 is 0 Å². The first-order valence-electron chi connectivity index (χ1n) is 16.7. The van der Waals surface area contributed by atoms with Gasteiger partial charge in [-0.1, -0.05) is 105 Å². The maximum absolute atomic E-state index is 6.66. The van der Waals surface area contributed by atoms with E-state index in [0.29, 0.717) is 0 Å². The Balaban J connectivity index is 1.27. The zero-order valence-electron chi connectivity index (χ0n) is 26.7. The van der Waals surface area contributed by atoms with Crippen molar-refractivity contribution < 1.29 is 4.42 Å². The molecule has 1 aliphatic carbocycles. The van der Waals surface area contributed by atoms with Crippen LogP contribution < -0.4 is 0 Å². The van der Waals surface area contributed by atoms with Gasteiger partial charge in [0.05, 0.1) is 22.1 Å². The van der Waals surface area contributed by atoms with Crippen molar-refractivity contribution in [3.8, 4) is 22.5 Å². The largest absolute Gasteiger partial charge is 0.454 e. The van der Waals surface area contributed by atoms with Crippen molar-refractivity contribution in [1.29, 1.82) is 0 Å². The topological polar surface area (TPSA) is 23.0 Å². The van der Waals surface area contributed by atoms with Crippen LogP contribution in [0.1, 0.15) is 25.0 Å². The van der Waals surface area contributed by atoms with Gasteiger partial charge in [0.2, 0.25) is 0 Å². The summed E-state index contributed by atoms with van der Waals surface area (Å²) in [5.41, 5.74) is 14.2. The molecular formula is C45H30N2O. The summed E-state index contributed by atoms with van der Waals surface area (Å²) in [7, 11) is 0. The molecule has 0 spiro atoms. The van der Waals surface area contributed by atoms with Crippen LogP contribution in [-0.4, -0.2) is 9.13 Å². The molecule has 0 fully saturated rings. The number of aromatic nitrogens is 2. The normalized spacial score (nSPS) is 13.8. The predicted molar refractivity (Wildman–Crippen MR) is 200 cm³/mol. The van der Waals surface area contributed by atoms with Crippen LogP contribution in [0.3, 0.4) is 0 Å². The number of furan rings is 1. The van der Waals surface area contributed by atoms with Crippen molar-refractivity contribution >= 4 is 65.6 Å². The van der Waals surface area contributed by atoms with Gasteiger partial charge in [-0.25, -0.2) is 0 Å². The highest BCUT2D eigenvalue weighted by Gasteiger charge is 2.35. The Kier molecular flexibility index (Phi) is 4.91. The molecule has 0 bridgehead atoms. The van der Waals surface area contributed by atoms with Crippen molar-refractivity contribution in [2.24, 2.45) is 0 Å². The van der Waals surface area contributed by atoms with Crippen molar-refractivity contribution in [2.45, 2.75) is 19.3 Å². The lowest BCUT2D eigenvalue weighted by Crippen LogP contribution is -2.15. The lowest BCUT2D eigenvalue weighted by atomic mass is 9.82. The molecule has 10 aromatic rings. The molecule has 48 heavy (non-hydrogen) atoms. The third-order valence-corrected chi connectivity index (χ3v) is 10.9. The smallest absolute Gasteiger partial charge is 0.160 e. The van der Waals surface area contributed by atoms with E-state index >= 15 is 0 Å². The molecule has 0 saturated carbocycles. The molecular weight excluding hydrogens is 585 g/mol. The second-order valence-corrected chi connectivity index (χ2v) is 13.7. The second-order valence-electron chi connectivity index (χ2n) is 13.7. The Hall–Kier alpha value is -6.06. The van der Waals surface area contributed by atoms with Crippen molar-refractivity contribution in [3.63, 3.8) is 0 Å². The fourth-order valence-electron chi connectivity index (χ4n) is 8.69. The summed E-state index contributed by atoms with van der Waals surface area (Å²) in [4.78, 5) is 0. The molecule has 0 unspecified atom stereocenters. The Morgan fingerprint density at radius 3 is 2.02 bits per heavy atom. The highest BCUT2D eigenvalue weighted by Crippen LogP contribution is 2.50. The van der Waals surface area contributed by atoms with E-state index in [2.05, 4.69) is 163 Å². The zero-order chi connectivity index (χ0) is 31.7. The minimum absolute atomic E-state index is 0.0777. The van der Waals surface area contributed by atoms with E-state index in [1.165, 1.54) is 60.5 Å². The second kappa shape index (κ2) is 9.05. The Labute approximate surface area is 276 Å². The highest BCUT2D eigenvalue weighted by atomic mass is 16.3.